The summed E-state index contributed by atoms with van der Waals surface area (Å²) in [4.78, 5) is 12.0. The number of hydrogen-bond donors (Lipinski definition) is 1. The van der Waals surface area contributed by atoms with Crippen LogP contribution in [0.2, 0.25) is 5.15 Å². The maximum absolute atomic E-state index is 12.8. The van der Waals surface area contributed by atoms with E-state index in [0.717, 1.165) is 44.5 Å². The molecule has 1 aromatic heterocycles. The lowest BCUT2D eigenvalue weighted by atomic mass is 9.90. The minimum absolute atomic E-state index is 0.0917. The van der Waals surface area contributed by atoms with E-state index in [2.05, 4.69) is 59.4 Å². The van der Waals surface area contributed by atoms with Crippen molar-refractivity contribution in [2.24, 2.45) is 10.9 Å². The van der Waals surface area contributed by atoms with Gasteiger partial charge in [0.1, 0.15) is 5.15 Å². The summed E-state index contributed by atoms with van der Waals surface area (Å²) in [6.45, 7) is 6.77. The zero-order chi connectivity index (χ0) is 27.9. The van der Waals surface area contributed by atoms with Gasteiger partial charge in [0, 0.05) is 60.5 Å². The van der Waals surface area contributed by atoms with Gasteiger partial charge in [-0.1, -0.05) is 86.1 Å². The van der Waals surface area contributed by atoms with Crippen LogP contribution < -0.4 is 10.2 Å². The van der Waals surface area contributed by atoms with Crippen LogP contribution in [0.3, 0.4) is 0 Å². The van der Waals surface area contributed by atoms with E-state index < -0.39 is 9.84 Å². The number of halogens is 1. The fourth-order valence-electron chi connectivity index (χ4n) is 5.99. The Hall–Kier alpha value is -3.26. The van der Waals surface area contributed by atoms with Crippen molar-refractivity contribution in [3.63, 3.8) is 0 Å². The van der Waals surface area contributed by atoms with Gasteiger partial charge in [0.25, 0.3) is 0 Å². The Morgan fingerprint density at radius 1 is 1.00 bits per heavy atom. The summed E-state index contributed by atoms with van der Waals surface area (Å²) in [6, 6.07) is 24.6. The lowest BCUT2D eigenvalue weighted by Gasteiger charge is -2.46. The molecule has 6 rings (SSSR count). The van der Waals surface area contributed by atoms with Gasteiger partial charge < -0.3 is 10.2 Å². The zero-order valence-corrected chi connectivity index (χ0v) is 24.3. The molecule has 6 nitrogen and oxygen atoms in total. The van der Waals surface area contributed by atoms with Gasteiger partial charge in [0.05, 0.1) is 22.4 Å². The van der Waals surface area contributed by atoms with Crippen LogP contribution in [-0.2, 0) is 9.84 Å². The number of rotatable bonds is 6. The molecule has 206 valence electrons. The summed E-state index contributed by atoms with van der Waals surface area (Å²) in [5, 5.41) is 5.41. The first-order valence-corrected chi connectivity index (χ1v) is 15.9. The number of anilines is 1. The molecular formula is C32H33ClN4O2S. The van der Waals surface area contributed by atoms with Crippen molar-refractivity contribution in [2.75, 3.05) is 36.8 Å². The molecular weight excluding hydrogens is 540 g/mol. The van der Waals surface area contributed by atoms with Crippen LogP contribution in [0.15, 0.2) is 84.0 Å². The molecule has 40 heavy (non-hydrogen) atoms. The van der Waals surface area contributed by atoms with Crippen molar-refractivity contribution >= 4 is 49.3 Å². The molecule has 4 aromatic rings. The number of nitrogens with zero attached hydrogens (tertiary/aromatic N) is 3. The number of hydrogen-bond acceptors (Lipinski definition) is 6. The van der Waals surface area contributed by atoms with Gasteiger partial charge in [0.2, 0.25) is 0 Å². The molecule has 1 N–H and O–H groups in total. The summed E-state index contributed by atoms with van der Waals surface area (Å²) in [5.74, 6) is 0.488. The van der Waals surface area contributed by atoms with E-state index in [9.17, 15) is 8.42 Å². The fourth-order valence-corrected chi connectivity index (χ4v) is 8.01. The van der Waals surface area contributed by atoms with Crippen LogP contribution >= 0.6 is 11.6 Å². The predicted octanol–water partition coefficient (Wildman–Crippen LogP) is 6.00. The maximum atomic E-state index is 12.8. The molecule has 0 saturated carbocycles. The van der Waals surface area contributed by atoms with Crippen molar-refractivity contribution in [1.82, 2.24) is 10.3 Å². The summed E-state index contributed by atoms with van der Waals surface area (Å²) < 4.78 is 25.5. The van der Waals surface area contributed by atoms with Crippen molar-refractivity contribution < 1.29 is 8.42 Å². The van der Waals surface area contributed by atoms with Crippen molar-refractivity contribution in [3.8, 4) is 0 Å². The lowest BCUT2D eigenvalue weighted by Crippen LogP contribution is -2.59. The summed E-state index contributed by atoms with van der Waals surface area (Å²) in [7, 11) is -3.08. The molecule has 0 aliphatic carbocycles. The smallest absolute Gasteiger partial charge is 0.156 e. The van der Waals surface area contributed by atoms with E-state index in [4.69, 9.17) is 16.6 Å². The molecule has 3 heterocycles. The standard InChI is InChI=1S/C32H33ClN4O2S/c1-21(2)31-25-15-30(33)35-17-26(25)28(37-19-24(20-37)29-18-34-13-14-40(29,38)39)16-27(31)36-32(22-9-5-3-6-10-22)23-11-7-4-8-12-23/h3-12,15-17,21,24,29,34H,13-14,18-20H2,1-2H3. The molecule has 1 atom stereocenters. The van der Waals surface area contributed by atoms with E-state index in [1.807, 2.05) is 48.7 Å². The fraction of sp³-hybridized carbons (Fsp3) is 0.312. The van der Waals surface area contributed by atoms with Crippen molar-refractivity contribution in [1.29, 1.82) is 0 Å². The Balaban J connectivity index is 1.49. The van der Waals surface area contributed by atoms with E-state index in [-0.39, 0.29) is 22.8 Å². The van der Waals surface area contributed by atoms with Gasteiger partial charge in [-0.2, -0.15) is 0 Å². The van der Waals surface area contributed by atoms with Crippen LogP contribution in [0.5, 0.6) is 0 Å². The normalized spacial score (nSPS) is 19.0. The molecule has 2 aliphatic rings. The summed E-state index contributed by atoms with van der Waals surface area (Å²) in [6.07, 6.45) is 1.84. The third-order valence-electron chi connectivity index (χ3n) is 8.04. The third-order valence-corrected chi connectivity index (χ3v) is 10.5. The first-order valence-electron chi connectivity index (χ1n) is 13.8. The highest BCUT2D eigenvalue weighted by molar-refractivity contribution is 7.92. The highest BCUT2D eigenvalue weighted by Gasteiger charge is 2.42. The molecule has 3 aromatic carbocycles. The van der Waals surface area contributed by atoms with Crippen LogP contribution in [0.4, 0.5) is 11.4 Å². The van der Waals surface area contributed by atoms with Gasteiger partial charge in [-0.15, -0.1) is 0 Å². The second-order valence-corrected chi connectivity index (χ2v) is 13.7. The van der Waals surface area contributed by atoms with E-state index >= 15 is 0 Å². The SMILES string of the molecule is CC(C)c1c(N=C(c2ccccc2)c2ccccc2)cc(N2CC(C3CNCCS3(=O)=O)C2)c2cnc(Cl)cc12. The van der Waals surface area contributed by atoms with Crippen LogP contribution in [-0.4, -0.2) is 56.3 Å². The first-order chi connectivity index (χ1) is 19.3. The summed E-state index contributed by atoms with van der Waals surface area (Å²) >= 11 is 6.45. The quantitative estimate of drug-likeness (QED) is 0.226. The largest absolute Gasteiger partial charge is 0.370 e. The molecule has 1 unspecified atom stereocenters. The second-order valence-electron chi connectivity index (χ2n) is 11.0. The molecule has 2 fully saturated rings. The second kappa shape index (κ2) is 11.0. The number of nitrogens with one attached hydrogen (secondary N) is 1. The monoisotopic (exact) mass is 572 g/mol. The van der Waals surface area contributed by atoms with Gasteiger partial charge >= 0.3 is 0 Å². The van der Waals surface area contributed by atoms with Gasteiger partial charge in [-0.05, 0) is 29.0 Å². The Morgan fingerprint density at radius 2 is 1.65 bits per heavy atom. The lowest BCUT2D eigenvalue weighted by molar-refractivity contribution is 0.368. The number of fused-ring (bicyclic) bond motifs is 1. The molecule has 0 amide bonds. The average Bonchev–Trinajstić information content (AvgIpc) is 2.92. The summed E-state index contributed by atoms with van der Waals surface area (Å²) in [5.41, 5.74) is 5.99. The predicted molar refractivity (Wildman–Crippen MR) is 165 cm³/mol. The Labute approximate surface area is 241 Å². The topological polar surface area (TPSA) is 74.7 Å². The average molecular weight is 573 g/mol. The van der Waals surface area contributed by atoms with Gasteiger partial charge in [-0.25, -0.2) is 18.4 Å². The Morgan fingerprint density at radius 3 is 2.25 bits per heavy atom. The first kappa shape index (κ1) is 26.9. The highest BCUT2D eigenvalue weighted by atomic mass is 35.5. The van der Waals surface area contributed by atoms with Crippen molar-refractivity contribution in [2.45, 2.75) is 25.0 Å². The number of sulfone groups is 1. The molecule has 0 spiro atoms. The Bertz CT molecular complexity index is 1630. The number of pyridine rings is 1. The molecule has 2 aliphatic heterocycles. The molecule has 0 bridgehead atoms. The zero-order valence-electron chi connectivity index (χ0n) is 22.7. The number of benzene rings is 3. The maximum Gasteiger partial charge on any atom is 0.156 e. The highest BCUT2D eigenvalue weighted by Crippen LogP contribution is 2.43. The minimum Gasteiger partial charge on any atom is -0.370 e. The van der Waals surface area contributed by atoms with E-state index in [1.165, 1.54) is 0 Å². The van der Waals surface area contributed by atoms with Crippen LogP contribution in [0, 0.1) is 5.92 Å². The molecule has 0 radical (unpaired) electrons. The van der Waals surface area contributed by atoms with Crippen molar-refractivity contribution in [3.05, 3.63) is 101 Å². The van der Waals surface area contributed by atoms with Crippen LogP contribution in [0.1, 0.15) is 36.5 Å². The number of aromatic nitrogens is 1. The molecule has 2 saturated heterocycles. The van der Waals surface area contributed by atoms with E-state index in [1.54, 1.807) is 0 Å². The molecule has 8 heteroatoms. The van der Waals surface area contributed by atoms with E-state index in [0.29, 0.717) is 31.3 Å². The van der Waals surface area contributed by atoms with Gasteiger partial charge in [0.15, 0.2) is 9.84 Å². The third kappa shape index (κ3) is 5.14. The van der Waals surface area contributed by atoms with Crippen LogP contribution in [0.25, 0.3) is 10.8 Å². The Kier molecular flexibility index (Phi) is 7.38. The minimum atomic E-state index is -3.08. The van der Waals surface area contributed by atoms with Gasteiger partial charge in [-0.3, -0.25) is 0 Å². The number of aliphatic imine (C=N–C) groups is 1.